The largest absolute Gasteiger partial charge is 0.478 e. The molecule has 0 aliphatic rings. The first-order valence-corrected chi connectivity index (χ1v) is 6.12. The topological polar surface area (TPSA) is 85.8 Å². The summed E-state index contributed by atoms with van der Waals surface area (Å²) in [5.41, 5.74) is 1.48. The lowest BCUT2D eigenvalue weighted by Gasteiger charge is -2.14. The van der Waals surface area contributed by atoms with Gasteiger partial charge in [0.1, 0.15) is 6.33 Å². The van der Waals surface area contributed by atoms with Crippen LogP contribution in [0.2, 0.25) is 0 Å². The molecule has 0 saturated heterocycles. The average Bonchev–Trinajstić information content (AvgIpc) is 3.03. The molecular weight excluding hydrogens is 258 g/mol. The van der Waals surface area contributed by atoms with Crippen molar-refractivity contribution in [1.82, 2.24) is 24.3 Å². The van der Waals surface area contributed by atoms with Gasteiger partial charge in [-0.05, 0) is 19.1 Å². The molecule has 0 aliphatic heterocycles. The van der Waals surface area contributed by atoms with Crippen LogP contribution in [0, 0.1) is 0 Å². The van der Waals surface area contributed by atoms with Crippen molar-refractivity contribution in [3.8, 4) is 0 Å². The fraction of sp³-hybridized carbons (Fsp3) is 0.231. The number of rotatable bonds is 3. The molecule has 7 nitrogen and oxygen atoms in total. The Balaban J connectivity index is 2.22. The minimum absolute atomic E-state index is 0.159. The zero-order chi connectivity index (χ0) is 14.3. The molecule has 20 heavy (non-hydrogen) atoms. The highest BCUT2D eigenvalue weighted by molar-refractivity contribution is 6.01. The van der Waals surface area contributed by atoms with E-state index < -0.39 is 5.97 Å². The fourth-order valence-corrected chi connectivity index (χ4v) is 2.35. The van der Waals surface area contributed by atoms with Crippen LogP contribution in [0.1, 0.15) is 29.1 Å². The molecule has 3 aromatic rings. The molecule has 0 amide bonds. The van der Waals surface area contributed by atoms with Crippen LogP contribution in [0.3, 0.4) is 0 Å². The van der Waals surface area contributed by atoms with Crippen molar-refractivity contribution in [2.75, 3.05) is 0 Å². The van der Waals surface area contributed by atoms with E-state index in [0.717, 1.165) is 5.82 Å². The fourth-order valence-electron chi connectivity index (χ4n) is 2.35. The van der Waals surface area contributed by atoms with Crippen molar-refractivity contribution in [2.24, 2.45) is 7.05 Å². The maximum atomic E-state index is 11.4. The Morgan fingerprint density at radius 1 is 1.35 bits per heavy atom. The number of benzene rings is 1. The highest BCUT2D eigenvalue weighted by Crippen LogP contribution is 2.24. The number of imidazole rings is 1. The van der Waals surface area contributed by atoms with E-state index in [2.05, 4.69) is 15.2 Å². The quantitative estimate of drug-likeness (QED) is 0.779. The maximum absolute atomic E-state index is 11.4. The molecule has 7 heteroatoms. The van der Waals surface area contributed by atoms with Crippen LogP contribution >= 0.6 is 0 Å². The van der Waals surface area contributed by atoms with Gasteiger partial charge in [-0.3, -0.25) is 0 Å². The SMILES string of the molecule is CC(c1nncn1C)n1cnc2cccc(C(=O)O)c21. The summed E-state index contributed by atoms with van der Waals surface area (Å²) in [5, 5.41) is 17.2. The normalized spacial score (nSPS) is 12.7. The number of nitrogens with zero attached hydrogens (tertiary/aromatic N) is 5. The number of para-hydroxylation sites is 1. The van der Waals surface area contributed by atoms with E-state index in [-0.39, 0.29) is 11.6 Å². The van der Waals surface area contributed by atoms with Crippen LogP contribution < -0.4 is 0 Å². The second kappa shape index (κ2) is 4.44. The summed E-state index contributed by atoms with van der Waals surface area (Å²) in [7, 11) is 1.85. The molecule has 1 unspecified atom stereocenters. The molecule has 0 bridgehead atoms. The predicted octanol–water partition coefficient (Wildman–Crippen LogP) is 1.47. The van der Waals surface area contributed by atoms with Crippen molar-refractivity contribution in [2.45, 2.75) is 13.0 Å². The molecule has 0 radical (unpaired) electrons. The van der Waals surface area contributed by atoms with Gasteiger partial charge in [0, 0.05) is 7.05 Å². The Kier molecular flexibility index (Phi) is 2.74. The van der Waals surface area contributed by atoms with Crippen LogP contribution in [0.5, 0.6) is 0 Å². The van der Waals surface area contributed by atoms with E-state index in [4.69, 9.17) is 0 Å². The van der Waals surface area contributed by atoms with E-state index in [1.54, 1.807) is 35.4 Å². The smallest absolute Gasteiger partial charge is 0.337 e. The molecular formula is C13H13N5O2. The molecule has 102 valence electrons. The van der Waals surface area contributed by atoms with Gasteiger partial charge in [0.2, 0.25) is 0 Å². The molecule has 3 rings (SSSR count). The van der Waals surface area contributed by atoms with Crippen LogP contribution in [-0.2, 0) is 7.05 Å². The van der Waals surface area contributed by atoms with Gasteiger partial charge < -0.3 is 14.2 Å². The summed E-state index contributed by atoms with van der Waals surface area (Å²) in [5.74, 6) is -0.230. The second-order valence-electron chi connectivity index (χ2n) is 4.61. The van der Waals surface area contributed by atoms with E-state index in [1.165, 1.54) is 0 Å². The van der Waals surface area contributed by atoms with Crippen LogP contribution in [0.4, 0.5) is 0 Å². The van der Waals surface area contributed by atoms with E-state index >= 15 is 0 Å². The van der Waals surface area contributed by atoms with Gasteiger partial charge in [0.25, 0.3) is 0 Å². The molecule has 0 saturated carbocycles. The van der Waals surface area contributed by atoms with Crippen LogP contribution in [0.15, 0.2) is 30.9 Å². The van der Waals surface area contributed by atoms with Crippen molar-refractivity contribution >= 4 is 17.0 Å². The highest BCUT2D eigenvalue weighted by atomic mass is 16.4. The lowest BCUT2D eigenvalue weighted by atomic mass is 10.1. The molecule has 0 aliphatic carbocycles. The van der Waals surface area contributed by atoms with Crippen LogP contribution in [0.25, 0.3) is 11.0 Å². The lowest BCUT2D eigenvalue weighted by Crippen LogP contribution is -2.12. The molecule has 2 heterocycles. The molecule has 1 N–H and O–H groups in total. The highest BCUT2D eigenvalue weighted by Gasteiger charge is 2.19. The molecule has 0 fully saturated rings. The Morgan fingerprint density at radius 2 is 2.15 bits per heavy atom. The number of carboxylic acids is 1. The maximum Gasteiger partial charge on any atom is 0.337 e. The zero-order valence-electron chi connectivity index (χ0n) is 11.1. The Bertz CT molecular complexity index is 789. The third kappa shape index (κ3) is 1.75. The summed E-state index contributed by atoms with van der Waals surface area (Å²) in [6.07, 6.45) is 3.25. The molecule has 0 spiro atoms. The lowest BCUT2D eigenvalue weighted by molar-refractivity contribution is 0.0698. The van der Waals surface area contributed by atoms with Gasteiger partial charge in [0.15, 0.2) is 5.82 Å². The summed E-state index contributed by atoms with van der Waals surface area (Å²) < 4.78 is 3.61. The predicted molar refractivity (Wildman–Crippen MR) is 71.5 cm³/mol. The zero-order valence-corrected chi connectivity index (χ0v) is 11.1. The van der Waals surface area contributed by atoms with Crippen molar-refractivity contribution in [3.63, 3.8) is 0 Å². The van der Waals surface area contributed by atoms with Gasteiger partial charge in [-0.15, -0.1) is 10.2 Å². The van der Waals surface area contributed by atoms with Crippen LogP contribution in [-0.4, -0.2) is 35.4 Å². The van der Waals surface area contributed by atoms with Gasteiger partial charge in [-0.2, -0.15) is 0 Å². The number of fused-ring (bicyclic) bond motifs is 1. The minimum atomic E-state index is -0.970. The average molecular weight is 271 g/mol. The first kappa shape index (κ1) is 12.3. The number of hydrogen-bond donors (Lipinski definition) is 1. The third-order valence-electron chi connectivity index (χ3n) is 3.36. The van der Waals surface area contributed by atoms with E-state index in [1.807, 2.05) is 18.5 Å². The standard InChI is InChI=1S/C13H13N5O2/c1-8(12-16-15-7-17(12)2)18-6-14-10-5-3-4-9(11(10)18)13(19)20/h3-8H,1-2H3,(H,19,20). The molecule has 2 aromatic heterocycles. The number of carbonyl (C=O) groups is 1. The minimum Gasteiger partial charge on any atom is -0.478 e. The van der Waals surface area contributed by atoms with Gasteiger partial charge in [-0.25, -0.2) is 9.78 Å². The van der Waals surface area contributed by atoms with Gasteiger partial charge in [0.05, 0.1) is 29.0 Å². The second-order valence-corrected chi connectivity index (χ2v) is 4.61. The van der Waals surface area contributed by atoms with Gasteiger partial charge in [-0.1, -0.05) is 6.07 Å². The third-order valence-corrected chi connectivity index (χ3v) is 3.36. The first-order chi connectivity index (χ1) is 9.59. The van der Waals surface area contributed by atoms with Gasteiger partial charge >= 0.3 is 5.97 Å². The number of aryl methyl sites for hydroxylation is 1. The number of aromatic nitrogens is 5. The Morgan fingerprint density at radius 3 is 2.80 bits per heavy atom. The Hall–Kier alpha value is -2.70. The number of carboxylic acid groups (broad SMARTS) is 1. The first-order valence-electron chi connectivity index (χ1n) is 6.12. The van der Waals surface area contributed by atoms with E-state index in [0.29, 0.717) is 11.0 Å². The Labute approximate surface area is 114 Å². The summed E-state index contributed by atoms with van der Waals surface area (Å²) >= 11 is 0. The van der Waals surface area contributed by atoms with E-state index in [9.17, 15) is 9.90 Å². The monoisotopic (exact) mass is 271 g/mol. The molecule has 1 atom stereocenters. The summed E-state index contributed by atoms with van der Waals surface area (Å²) in [6, 6.07) is 4.90. The van der Waals surface area contributed by atoms with Crippen molar-refractivity contribution in [1.29, 1.82) is 0 Å². The number of aromatic carboxylic acids is 1. The summed E-state index contributed by atoms with van der Waals surface area (Å²) in [4.78, 5) is 15.6. The molecule has 1 aromatic carbocycles. The van der Waals surface area contributed by atoms with Crippen molar-refractivity contribution in [3.05, 3.63) is 42.2 Å². The number of hydrogen-bond acceptors (Lipinski definition) is 4. The summed E-state index contributed by atoms with van der Waals surface area (Å²) in [6.45, 7) is 1.93. The van der Waals surface area contributed by atoms with Crippen molar-refractivity contribution < 1.29 is 9.90 Å².